The van der Waals surface area contributed by atoms with E-state index in [9.17, 15) is 0 Å². The highest BCUT2D eigenvalue weighted by atomic mass is 16.3. The summed E-state index contributed by atoms with van der Waals surface area (Å²) in [5.74, 6) is 0. The Labute approximate surface area is 423 Å². The van der Waals surface area contributed by atoms with E-state index in [2.05, 4.69) is 267 Å². The molecule has 2 aromatic heterocycles. The number of benzene rings is 11. The molecule has 0 aliphatic heterocycles. The topological polar surface area (TPSA) is 29.5 Å². The molecule has 0 unspecified atom stereocenters. The highest BCUT2D eigenvalue weighted by Crippen LogP contribution is 2.60. The summed E-state index contributed by atoms with van der Waals surface area (Å²) >= 11 is 0. The SMILES string of the molecule is CC1(C)c2ccccc2-c2ccc(N(c3ccc(-c4ccccc4)cc3)c3cccc4oc5c(-c6cccc7c6-c6ccccc6C7(c6ccccc6)c6ccccc6)c6c(cc5c34)oc3ccccc36)cc21. The van der Waals surface area contributed by atoms with Crippen LogP contribution in [0.25, 0.3) is 88.4 Å². The maximum absolute atomic E-state index is 7.45. The van der Waals surface area contributed by atoms with E-state index >= 15 is 0 Å². The zero-order chi connectivity index (χ0) is 48.4. The van der Waals surface area contributed by atoms with Crippen LogP contribution in [-0.2, 0) is 10.8 Å². The highest BCUT2D eigenvalue weighted by Gasteiger charge is 2.47. The van der Waals surface area contributed by atoms with E-state index in [0.29, 0.717) is 0 Å². The molecule has 0 amide bonds. The first-order valence-electron chi connectivity index (χ1n) is 25.3. The Morgan fingerprint density at radius 1 is 0.342 bits per heavy atom. The number of hydrogen-bond donors (Lipinski definition) is 0. The molecule has 0 atom stereocenters. The van der Waals surface area contributed by atoms with Gasteiger partial charge < -0.3 is 13.7 Å². The van der Waals surface area contributed by atoms with Gasteiger partial charge in [-0.15, -0.1) is 0 Å². The number of rotatable bonds is 7. The Balaban J connectivity index is 1.03. The van der Waals surface area contributed by atoms with Crippen LogP contribution in [-0.4, -0.2) is 0 Å². The molecule has 15 rings (SSSR count). The van der Waals surface area contributed by atoms with Gasteiger partial charge in [-0.1, -0.05) is 214 Å². The summed E-state index contributed by atoms with van der Waals surface area (Å²) in [5, 5.41) is 4.11. The Hall–Kier alpha value is -9.18. The molecule has 3 heteroatoms. The van der Waals surface area contributed by atoms with Crippen LogP contribution in [0.3, 0.4) is 0 Å². The lowest BCUT2D eigenvalue weighted by molar-refractivity contribution is 0.660. The van der Waals surface area contributed by atoms with Gasteiger partial charge in [0, 0.05) is 38.5 Å². The minimum Gasteiger partial charge on any atom is -0.456 e. The monoisotopic (exact) mass is 933 g/mol. The zero-order valence-electron chi connectivity index (χ0n) is 40.4. The minimum absolute atomic E-state index is 0.186. The van der Waals surface area contributed by atoms with Crippen molar-refractivity contribution in [2.75, 3.05) is 4.90 Å². The average molecular weight is 934 g/mol. The first kappa shape index (κ1) is 41.6. The molecule has 0 saturated carbocycles. The van der Waals surface area contributed by atoms with Crippen LogP contribution in [0.15, 0.2) is 258 Å². The fourth-order valence-corrected chi connectivity index (χ4v) is 13.0. The summed E-state index contributed by atoms with van der Waals surface area (Å²) in [5.41, 5.74) is 22.8. The number of para-hydroxylation sites is 1. The van der Waals surface area contributed by atoms with Crippen LogP contribution in [0.4, 0.5) is 17.1 Å². The average Bonchev–Trinajstić information content (AvgIpc) is 4.21. The van der Waals surface area contributed by atoms with Crippen LogP contribution < -0.4 is 4.90 Å². The molecular weight excluding hydrogens is 887 g/mol. The first-order valence-corrected chi connectivity index (χ1v) is 25.3. The van der Waals surface area contributed by atoms with Gasteiger partial charge in [0.05, 0.1) is 16.5 Å². The van der Waals surface area contributed by atoms with Crippen LogP contribution in [0.1, 0.15) is 47.2 Å². The van der Waals surface area contributed by atoms with Crippen molar-refractivity contribution >= 4 is 60.9 Å². The largest absolute Gasteiger partial charge is 0.456 e. The van der Waals surface area contributed by atoms with Crippen molar-refractivity contribution in [2.45, 2.75) is 24.7 Å². The van der Waals surface area contributed by atoms with E-state index in [1.807, 2.05) is 0 Å². The minimum atomic E-state index is -0.570. The maximum atomic E-state index is 7.45. The molecule has 13 aromatic rings. The summed E-state index contributed by atoms with van der Waals surface area (Å²) in [6.45, 7) is 4.71. The van der Waals surface area contributed by atoms with Crippen molar-refractivity contribution in [1.82, 2.24) is 0 Å². The molecule has 0 bridgehead atoms. The van der Waals surface area contributed by atoms with Crippen molar-refractivity contribution < 1.29 is 8.83 Å². The fraction of sp³-hybridized carbons (Fsp3) is 0.0571. The second-order valence-electron chi connectivity index (χ2n) is 20.3. The standard InChI is InChI=1S/C70H47NO2/c1-69(2)56-30-15-12-26-50(56)51-41-40-49(42-59(51)69)71(48-38-36-45(37-39-48)44-20-6-3-7-21-44)60-33-19-35-62-65(60)55-43-63-66(53-28-14-17-34-61(53)72-63)67(68(55)73-62)54-29-18-32-58-64(54)52-27-13-16-31-57(52)70(58,46-22-8-4-9-23-46)47-24-10-5-11-25-47/h3-43H,1-2H3. The molecule has 2 aliphatic carbocycles. The third-order valence-corrected chi connectivity index (χ3v) is 16.2. The molecule has 344 valence electrons. The van der Waals surface area contributed by atoms with Gasteiger partial charge >= 0.3 is 0 Å². The molecule has 2 aliphatic rings. The lowest BCUT2D eigenvalue weighted by Crippen LogP contribution is -2.28. The second kappa shape index (κ2) is 15.7. The van der Waals surface area contributed by atoms with Gasteiger partial charge in [-0.05, 0) is 121 Å². The Morgan fingerprint density at radius 2 is 0.918 bits per heavy atom. The molecule has 0 fully saturated rings. The summed E-state index contributed by atoms with van der Waals surface area (Å²) in [4.78, 5) is 2.43. The molecule has 11 aromatic carbocycles. The second-order valence-corrected chi connectivity index (χ2v) is 20.3. The lowest BCUT2D eigenvalue weighted by atomic mass is 9.67. The van der Waals surface area contributed by atoms with E-state index < -0.39 is 5.41 Å². The van der Waals surface area contributed by atoms with Crippen molar-refractivity contribution in [3.05, 3.63) is 282 Å². The van der Waals surface area contributed by atoms with Crippen molar-refractivity contribution in [3.8, 4) is 44.5 Å². The number of fused-ring (bicyclic) bond motifs is 12. The van der Waals surface area contributed by atoms with Crippen LogP contribution in [0.5, 0.6) is 0 Å². The van der Waals surface area contributed by atoms with Crippen molar-refractivity contribution in [2.24, 2.45) is 0 Å². The predicted octanol–water partition coefficient (Wildman–Crippen LogP) is 19.0. The molecule has 0 radical (unpaired) electrons. The van der Waals surface area contributed by atoms with Gasteiger partial charge in [0.1, 0.15) is 22.3 Å². The molecule has 73 heavy (non-hydrogen) atoms. The first-order chi connectivity index (χ1) is 36.0. The predicted molar refractivity (Wildman–Crippen MR) is 301 cm³/mol. The third-order valence-electron chi connectivity index (χ3n) is 16.2. The van der Waals surface area contributed by atoms with Gasteiger partial charge in [-0.2, -0.15) is 0 Å². The quantitative estimate of drug-likeness (QED) is 0.159. The van der Waals surface area contributed by atoms with E-state index in [-0.39, 0.29) is 5.41 Å². The van der Waals surface area contributed by atoms with Gasteiger partial charge in [0.25, 0.3) is 0 Å². The summed E-state index contributed by atoms with van der Waals surface area (Å²) in [6, 6.07) is 90.7. The van der Waals surface area contributed by atoms with Crippen LogP contribution in [0, 0.1) is 0 Å². The number of hydrogen-bond acceptors (Lipinski definition) is 3. The molecule has 0 N–H and O–H groups in total. The number of nitrogens with zero attached hydrogens (tertiary/aromatic N) is 1. The summed E-state index contributed by atoms with van der Waals surface area (Å²) < 4.78 is 14.4. The smallest absolute Gasteiger partial charge is 0.144 e. The molecule has 3 nitrogen and oxygen atoms in total. The Bertz CT molecular complexity index is 4290. The van der Waals surface area contributed by atoms with Gasteiger partial charge in [0.2, 0.25) is 0 Å². The summed E-state index contributed by atoms with van der Waals surface area (Å²) in [7, 11) is 0. The molecular formula is C70H47NO2. The third kappa shape index (κ3) is 5.88. The van der Waals surface area contributed by atoms with E-state index in [1.54, 1.807) is 0 Å². The molecule has 0 spiro atoms. The maximum Gasteiger partial charge on any atom is 0.144 e. The van der Waals surface area contributed by atoms with Crippen molar-refractivity contribution in [1.29, 1.82) is 0 Å². The van der Waals surface area contributed by atoms with Crippen LogP contribution in [0.2, 0.25) is 0 Å². The fourth-order valence-electron chi connectivity index (χ4n) is 13.0. The van der Waals surface area contributed by atoms with Gasteiger partial charge in [-0.25, -0.2) is 0 Å². The zero-order valence-corrected chi connectivity index (χ0v) is 40.4. The highest BCUT2D eigenvalue weighted by molar-refractivity contribution is 6.26. The van der Waals surface area contributed by atoms with E-state index in [1.165, 1.54) is 66.8 Å². The van der Waals surface area contributed by atoms with Gasteiger partial charge in [0.15, 0.2) is 0 Å². The molecule has 2 heterocycles. The van der Waals surface area contributed by atoms with E-state index in [0.717, 1.165) is 72.1 Å². The van der Waals surface area contributed by atoms with Gasteiger partial charge in [-0.3, -0.25) is 0 Å². The normalized spacial score (nSPS) is 13.8. The number of furan rings is 2. The molecule has 0 saturated heterocycles. The Morgan fingerprint density at radius 3 is 1.68 bits per heavy atom. The van der Waals surface area contributed by atoms with Crippen LogP contribution >= 0.6 is 0 Å². The Kier molecular flexibility index (Phi) is 8.92. The summed E-state index contributed by atoms with van der Waals surface area (Å²) in [6.07, 6.45) is 0. The van der Waals surface area contributed by atoms with E-state index in [4.69, 9.17) is 8.83 Å². The lowest BCUT2D eigenvalue weighted by Gasteiger charge is -2.34. The number of anilines is 3. The van der Waals surface area contributed by atoms with Crippen molar-refractivity contribution in [3.63, 3.8) is 0 Å².